The molecule has 0 N–H and O–H groups in total. The molecule has 0 aromatic carbocycles. The molecule has 0 saturated carbocycles. The number of nitrogens with zero attached hydrogens (tertiary/aromatic N) is 3. The molecule has 1 atom stereocenters. The predicted molar refractivity (Wildman–Crippen MR) is 51.2 cm³/mol. The monoisotopic (exact) mass is 205 g/mol. The molecule has 15 heavy (non-hydrogen) atoms. The van der Waals surface area contributed by atoms with Crippen LogP contribution in [0, 0.1) is 11.3 Å². The van der Waals surface area contributed by atoms with Gasteiger partial charge in [0.1, 0.15) is 6.07 Å². The number of carbonyl (C=O) groups excluding carboxylic acids is 1. The molecule has 0 bridgehead atoms. The van der Waals surface area contributed by atoms with Crippen LogP contribution in [0.1, 0.15) is 41.5 Å². The standard InChI is InChI=1S/C10H11N3O2/c11-5-9-8(7-14)6-12-13(9)10-3-1-2-4-15-10/h6-7,10H,1-4H2. The molecule has 1 aromatic heterocycles. The lowest BCUT2D eigenvalue weighted by molar-refractivity contribution is -0.0400. The van der Waals surface area contributed by atoms with Gasteiger partial charge in [-0.15, -0.1) is 0 Å². The van der Waals surface area contributed by atoms with Crippen molar-refractivity contribution in [3.05, 3.63) is 17.5 Å². The number of hydrogen-bond donors (Lipinski definition) is 0. The highest BCUT2D eigenvalue weighted by Crippen LogP contribution is 2.23. The van der Waals surface area contributed by atoms with E-state index in [0.717, 1.165) is 19.3 Å². The first-order valence-electron chi connectivity index (χ1n) is 4.91. The summed E-state index contributed by atoms with van der Waals surface area (Å²) in [6, 6.07) is 1.98. The van der Waals surface area contributed by atoms with Crippen molar-refractivity contribution in [2.75, 3.05) is 6.61 Å². The Morgan fingerprint density at radius 3 is 3.13 bits per heavy atom. The fourth-order valence-electron chi connectivity index (χ4n) is 1.71. The van der Waals surface area contributed by atoms with Gasteiger partial charge in [-0.2, -0.15) is 10.4 Å². The van der Waals surface area contributed by atoms with Gasteiger partial charge in [0.15, 0.2) is 18.2 Å². The Hall–Kier alpha value is -1.67. The minimum absolute atomic E-state index is 0.193. The molecule has 1 aliphatic heterocycles. The molecule has 0 radical (unpaired) electrons. The van der Waals surface area contributed by atoms with Crippen LogP contribution in [-0.4, -0.2) is 22.7 Å². The van der Waals surface area contributed by atoms with E-state index in [1.165, 1.54) is 10.9 Å². The van der Waals surface area contributed by atoms with E-state index in [4.69, 9.17) is 10.00 Å². The van der Waals surface area contributed by atoms with Crippen molar-refractivity contribution in [1.29, 1.82) is 5.26 Å². The molecular formula is C10H11N3O2. The third-order valence-corrected chi connectivity index (χ3v) is 2.49. The van der Waals surface area contributed by atoms with E-state index in [1.807, 2.05) is 6.07 Å². The van der Waals surface area contributed by atoms with Crippen LogP contribution in [0.3, 0.4) is 0 Å². The summed E-state index contributed by atoms with van der Waals surface area (Å²) in [5.74, 6) is 0. The Balaban J connectivity index is 2.31. The smallest absolute Gasteiger partial charge is 0.154 e. The highest BCUT2D eigenvalue weighted by atomic mass is 16.5. The van der Waals surface area contributed by atoms with Gasteiger partial charge in [-0.1, -0.05) is 0 Å². The van der Waals surface area contributed by atoms with Crippen molar-refractivity contribution in [3.8, 4) is 6.07 Å². The third kappa shape index (κ3) is 1.76. The van der Waals surface area contributed by atoms with Crippen LogP contribution in [0.4, 0.5) is 0 Å². The first-order valence-corrected chi connectivity index (χ1v) is 4.91. The number of aromatic nitrogens is 2. The van der Waals surface area contributed by atoms with Crippen LogP contribution in [0.15, 0.2) is 6.20 Å². The average Bonchev–Trinajstić information content (AvgIpc) is 2.72. The fourth-order valence-corrected chi connectivity index (χ4v) is 1.71. The molecular weight excluding hydrogens is 194 g/mol. The lowest BCUT2D eigenvalue weighted by Gasteiger charge is -2.23. The lowest BCUT2D eigenvalue weighted by Crippen LogP contribution is -2.20. The molecule has 2 heterocycles. The summed E-state index contributed by atoms with van der Waals surface area (Å²) < 4.78 is 7.00. The number of nitriles is 1. The van der Waals surface area contributed by atoms with Crippen molar-refractivity contribution in [1.82, 2.24) is 9.78 Å². The Morgan fingerprint density at radius 2 is 2.53 bits per heavy atom. The van der Waals surface area contributed by atoms with E-state index >= 15 is 0 Å². The third-order valence-electron chi connectivity index (χ3n) is 2.49. The van der Waals surface area contributed by atoms with Crippen LogP contribution in [0.5, 0.6) is 0 Å². The van der Waals surface area contributed by atoms with E-state index in [1.54, 1.807) is 0 Å². The quantitative estimate of drug-likeness (QED) is 0.682. The molecule has 1 aliphatic rings. The summed E-state index contributed by atoms with van der Waals surface area (Å²) in [6.45, 7) is 0.686. The highest BCUT2D eigenvalue weighted by Gasteiger charge is 2.21. The van der Waals surface area contributed by atoms with Crippen molar-refractivity contribution in [3.63, 3.8) is 0 Å². The summed E-state index contributed by atoms with van der Waals surface area (Å²) in [6.07, 6.45) is 4.80. The molecule has 0 amide bonds. The highest BCUT2D eigenvalue weighted by molar-refractivity contribution is 5.77. The van der Waals surface area contributed by atoms with Crippen molar-refractivity contribution in [2.24, 2.45) is 0 Å². The first kappa shape index (κ1) is 9.87. The zero-order valence-corrected chi connectivity index (χ0v) is 8.22. The summed E-state index contributed by atoms with van der Waals surface area (Å²) in [5.41, 5.74) is 0.614. The number of aldehydes is 1. The summed E-state index contributed by atoms with van der Waals surface area (Å²) in [4.78, 5) is 10.6. The van der Waals surface area contributed by atoms with Gasteiger partial charge in [-0.05, 0) is 19.3 Å². The van der Waals surface area contributed by atoms with Crippen LogP contribution in [0.2, 0.25) is 0 Å². The fraction of sp³-hybridized carbons (Fsp3) is 0.500. The van der Waals surface area contributed by atoms with Crippen molar-refractivity contribution in [2.45, 2.75) is 25.5 Å². The lowest BCUT2D eigenvalue weighted by atomic mass is 10.2. The van der Waals surface area contributed by atoms with E-state index < -0.39 is 0 Å². The Bertz CT molecular complexity index is 399. The van der Waals surface area contributed by atoms with Crippen LogP contribution in [-0.2, 0) is 4.74 Å². The predicted octanol–water partition coefficient (Wildman–Crippen LogP) is 1.27. The zero-order chi connectivity index (χ0) is 10.7. The van der Waals surface area contributed by atoms with Crippen LogP contribution >= 0.6 is 0 Å². The van der Waals surface area contributed by atoms with E-state index in [2.05, 4.69) is 5.10 Å². The molecule has 0 aliphatic carbocycles. The van der Waals surface area contributed by atoms with Gasteiger partial charge in [0.2, 0.25) is 0 Å². The molecule has 1 aromatic rings. The Kier molecular flexibility index (Phi) is 2.79. The number of hydrogen-bond acceptors (Lipinski definition) is 4. The second-order valence-electron chi connectivity index (χ2n) is 3.44. The minimum Gasteiger partial charge on any atom is -0.356 e. The molecule has 1 saturated heterocycles. The van der Waals surface area contributed by atoms with Gasteiger partial charge in [0, 0.05) is 6.61 Å². The molecule has 0 spiro atoms. The summed E-state index contributed by atoms with van der Waals surface area (Å²) in [7, 11) is 0. The topological polar surface area (TPSA) is 67.9 Å². The van der Waals surface area contributed by atoms with Crippen molar-refractivity contribution < 1.29 is 9.53 Å². The maximum absolute atomic E-state index is 10.6. The van der Waals surface area contributed by atoms with E-state index in [9.17, 15) is 4.79 Å². The summed E-state index contributed by atoms with van der Waals surface area (Å²) in [5, 5.41) is 12.9. The maximum Gasteiger partial charge on any atom is 0.154 e. The van der Waals surface area contributed by atoms with E-state index in [-0.39, 0.29) is 11.9 Å². The normalized spacial score (nSPS) is 20.9. The van der Waals surface area contributed by atoms with Crippen molar-refractivity contribution >= 4 is 6.29 Å². The molecule has 2 rings (SSSR count). The van der Waals surface area contributed by atoms with Crippen LogP contribution in [0.25, 0.3) is 0 Å². The molecule has 1 unspecified atom stereocenters. The second kappa shape index (κ2) is 4.24. The zero-order valence-electron chi connectivity index (χ0n) is 8.22. The number of carbonyl (C=O) groups is 1. The minimum atomic E-state index is -0.193. The van der Waals surface area contributed by atoms with E-state index in [0.29, 0.717) is 18.5 Å². The summed E-state index contributed by atoms with van der Waals surface area (Å²) >= 11 is 0. The van der Waals surface area contributed by atoms with Gasteiger partial charge < -0.3 is 4.74 Å². The average molecular weight is 205 g/mol. The maximum atomic E-state index is 10.6. The largest absolute Gasteiger partial charge is 0.356 e. The van der Waals surface area contributed by atoms with Gasteiger partial charge in [-0.3, -0.25) is 4.79 Å². The van der Waals surface area contributed by atoms with Crippen LogP contribution < -0.4 is 0 Å². The SMILES string of the molecule is N#Cc1c(C=O)cnn1C1CCCCO1. The Labute approximate surface area is 87.3 Å². The van der Waals surface area contributed by atoms with Gasteiger partial charge in [0.25, 0.3) is 0 Å². The Morgan fingerprint density at radius 1 is 1.67 bits per heavy atom. The molecule has 78 valence electrons. The second-order valence-corrected chi connectivity index (χ2v) is 3.44. The van der Waals surface area contributed by atoms with Gasteiger partial charge >= 0.3 is 0 Å². The molecule has 5 nitrogen and oxygen atoms in total. The number of ether oxygens (including phenoxy) is 1. The van der Waals surface area contributed by atoms with Gasteiger partial charge in [0.05, 0.1) is 11.8 Å². The molecule has 1 fully saturated rings. The first-order chi connectivity index (χ1) is 7.36. The van der Waals surface area contributed by atoms with Gasteiger partial charge in [-0.25, -0.2) is 4.68 Å². The molecule has 5 heteroatoms. The number of rotatable bonds is 2.